The van der Waals surface area contributed by atoms with E-state index < -0.39 is 10.2 Å². The van der Waals surface area contributed by atoms with Crippen molar-refractivity contribution in [1.29, 1.82) is 0 Å². The second kappa shape index (κ2) is 9.22. The number of tetrazole rings is 1. The van der Waals surface area contributed by atoms with Gasteiger partial charge >= 0.3 is 0 Å². The van der Waals surface area contributed by atoms with E-state index in [4.69, 9.17) is 28.6 Å². The highest BCUT2D eigenvalue weighted by Gasteiger charge is 2.36. The van der Waals surface area contributed by atoms with Gasteiger partial charge in [0.25, 0.3) is 10.2 Å². The monoisotopic (exact) mass is 487 g/mol. The third-order valence-electron chi connectivity index (χ3n) is 5.41. The third kappa shape index (κ3) is 5.00. The van der Waals surface area contributed by atoms with Crippen LogP contribution in [-0.2, 0) is 21.6 Å². The van der Waals surface area contributed by atoms with Gasteiger partial charge in [0, 0.05) is 44.3 Å². The molecule has 0 unspecified atom stereocenters. The van der Waals surface area contributed by atoms with Crippen molar-refractivity contribution in [2.75, 3.05) is 39.3 Å². The number of nitrogens with zero attached hydrogens (tertiary/aromatic N) is 7. The number of benzene rings is 1. The molecule has 31 heavy (non-hydrogen) atoms. The van der Waals surface area contributed by atoms with Crippen LogP contribution < -0.4 is 0 Å². The van der Waals surface area contributed by atoms with E-state index in [1.165, 1.54) is 4.31 Å². The molecule has 3 heterocycles. The van der Waals surface area contributed by atoms with Gasteiger partial charge in [-0.2, -0.15) is 21.7 Å². The minimum Gasteiger partial charge on any atom is -0.373 e. The van der Waals surface area contributed by atoms with Crippen LogP contribution in [0.25, 0.3) is 5.69 Å². The van der Waals surface area contributed by atoms with Crippen molar-refractivity contribution >= 4 is 34.0 Å². The Bertz CT molecular complexity index is 1050. The summed E-state index contributed by atoms with van der Waals surface area (Å²) in [4.78, 5) is 2.12. The first-order valence-corrected chi connectivity index (χ1v) is 12.3. The summed E-state index contributed by atoms with van der Waals surface area (Å²) in [6, 6.07) is 7.20. The maximum absolute atomic E-state index is 13.1. The average molecular weight is 488 g/mol. The molecule has 0 spiro atoms. The Kier molecular flexibility index (Phi) is 6.77. The number of hydrogen-bond acceptors (Lipinski definition) is 7. The van der Waals surface area contributed by atoms with Crippen molar-refractivity contribution in [1.82, 2.24) is 33.3 Å². The highest BCUT2D eigenvalue weighted by atomic mass is 35.5. The van der Waals surface area contributed by atoms with E-state index in [-0.39, 0.29) is 12.2 Å². The molecule has 2 aliphatic heterocycles. The Balaban J connectivity index is 1.37. The van der Waals surface area contributed by atoms with E-state index in [1.54, 1.807) is 25.8 Å². The van der Waals surface area contributed by atoms with Crippen molar-refractivity contribution < 1.29 is 13.2 Å². The average Bonchev–Trinajstić information content (AvgIpc) is 3.08. The third-order valence-corrected chi connectivity index (χ3v) is 8.02. The van der Waals surface area contributed by atoms with Crippen molar-refractivity contribution in [2.24, 2.45) is 0 Å². The molecule has 4 rings (SSSR count). The van der Waals surface area contributed by atoms with Gasteiger partial charge in [-0.25, -0.2) is 4.68 Å². The number of ether oxygens (including phenoxy) is 1. The van der Waals surface area contributed by atoms with Gasteiger partial charge in [0.1, 0.15) is 0 Å². The molecule has 0 amide bonds. The molecule has 0 aliphatic carbocycles. The fraction of sp³-hybridized carbons (Fsp3) is 0.611. The fourth-order valence-electron chi connectivity index (χ4n) is 3.88. The van der Waals surface area contributed by atoms with E-state index >= 15 is 0 Å². The van der Waals surface area contributed by atoms with Crippen molar-refractivity contribution in [2.45, 2.75) is 32.7 Å². The summed E-state index contributed by atoms with van der Waals surface area (Å²) >= 11 is 11.5. The molecule has 0 N–H and O–H groups in total. The summed E-state index contributed by atoms with van der Waals surface area (Å²) in [5.41, 5.74) is 0.783. The maximum Gasteiger partial charge on any atom is 0.282 e. The molecule has 2 aliphatic rings. The molecule has 1 aromatic heterocycles. The molecule has 1 aromatic carbocycles. The quantitative estimate of drug-likeness (QED) is 0.588. The van der Waals surface area contributed by atoms with Crippen LogP contribution in [0.3, 0.4) is 0 Å². The lowest BCUT2D eigenvalue weighted by Crippen LogP contribution is -2.57. The minimum absolute atomic E-state index is 0.107. The molecule has 2 saturated heterocycles. The SMILES string of the molecule is C[C@@H]1CN(S(=O)(=O)N2CCN(Cn3nnn(-c4ccc(Cl)cc4)c3=S)CC2)C[C@H](C)O1. The highest BCUT2D eigenvalue weighted by Crippen LogP contribution is 2.19. The predicted molar refractivity (Wildman–Crippen MR) is 119 cm³/mol. The lowest BCUT2D eigenvalue weighted by Gasteiger charge is -2.40. The van der Waals surface area contributed by atoms with Crippen LogP contribution in [0, 0.1) is 4.77 Å². The highest BCUT2D eigenvalue weighted by molar-refractivity contribution is 7.86. The molecule has 2 fully saturated rings. The molecule has 2 atom stereocenters. The number of aromatic nitrogens is 4. The largest absolute Gasteiger partial charge is 0.373 e. The molecule has 13 heteroatoms. The Morgan fingerprint density at radius 2 is 1.65 bits per heavy atom. The molecular weight excluding hydrogens is 462 g/mol. The van der Waals surface area contributed by atoms with E-state index in [9.17, 15) is 8.42 Å². The molecule has 170 valence electrons. The summed E-state index contributed by atoms with van der Waals surface area (Å²) < 4.78 is 38.5. The zero-order valence-electron chi connectivity index (χ0n) is 17.5. The summed E-state index contributed by atoms with van der Waals surface area (Å²) in [6.45, 7) is 7.03. The maximum atomic E-state index is 13.1. The zero-order chi connectivity index (χ0) is 22.2. The normalized spacial score (nSPS) is 24.5. The van der Waals surface area contributed by atoms with Crippen LogP contribution >= 0.6 is 23.8 Å². The molecule has 0 saturated carbocycles. The van der Waals surface area contributed by atoms with Gasteiger partial charge in [0.15, 0.2) is 0 Å². The second-order valence-electron chi connectivity index (χ2n) is 7.89. The number of halogens is 1. The van der Waals surface area contributed by atoms with Gasteiger partial charge in [0.2, 0.25) is 4.77 Å². The van der Waals surface area contributed by atoms with Crippen LogP contribution in [0.4, 0.5) is 0 Å². The minimum atomic E-state index is -3.50. The first-order chi connectivity index (χ1) is 14.7. The molecule has 2 aromatic rings. The van der Waals surface area contributed by atoms with Crippen LogP contribution in [0.2, 0.25) is 5.02 Å². The van der Waals surface area contributed by atoms with E-state index in [0.29, 0.717) is 55.7 Å². The smallest absolute Gasteiger partial charge is 0.282 e. The van der Waals surface area contributed by atoms with Crippen molar-refractivity contribution in [3.05, 3.63) is 34.1 Å². The summed E-state index contributed by atoms with van der Waals surface area (Å²) in [5.74, 6) is 0. The topological polar surface area (TPSA) is 88.7 Å². The van der Waals surface area contributed by atoms with Gasteiger partial charge in [-0.3, -0.25) is 4.90 Å². The Morgan fingerprint density at radius 1 is 1.03 bits per heavy atom. The van der Waals surface area contributed by atoms with Gasteiger partial charge in [-0.05, 0) is 60.8 Å². The Morgan fingerprint density at radius 3 is 2.26 bits per heavy atom. The number of hydrogen-bond donors (Lipinski definition) is 0. The van der Waals surface area contributed by atoms with Crippen molar-refractivity contribution in [3.63, 3.8) is 0 Å². The predicted octanol–water partition coefficient (Wildman–Crippen LogP) is 1.38. The summed E-state index contributed by atoms with van der Waals surface area (Å²) in [7, 11) is -3.50. The molecule has 0 bridgehead atoms. The van der Waals surface area contributed by atoms with Crippen LogP contribution in [0.5, 0.6) is 0 Å². The van der Waals surface area contributed by atoms with Crippen LogP contribution in [0.1, 0.15) is 13.8 Å². The zero-order valence-corrected chi connectivity index (χ0v) is 19.9. The number of piperazine rings is 1. The molecular formula is C18H26ClN7O3S2. The van der Waals surface area contributed by atoms with Crippen molar-refractivity contribution in [3.8, 4) is 5.69 Å². The van der Waals surface area contributed by atoms with Gasteiger partial charge in [0.05, 0.1) is 24.6 Å². The second-order valence-corrected chi connectivity index (χ2v) is 10.6. The van der Waals surface area contributed by atoms with Gasteiger partial charge in [-0.1, -0.05) is 11.6 Å². The van der Waals surface area contributed by atoms with Gasteiger partial charge < -0.3 is 4.74 Å². The summed E-state index contributed by atoms with van der Waals surface area (Å²) in [5, 5.41) is 8.94. The first-order valence-electron chi connectivity index (χ1n) is 10.2. The van der Waals surface area contributed by atoms with Crippen LogP contribution in [0.15, 0.2) is 24.3 Å². The summed E-state index contributed by atoms with van der Waals surface area (Å²) in [6.07, 6.45) is -0.213. The molecule has 10 nitrogen and oxygen atoms in total. The van der Waals surface area contributed by atoms with E-state index in [1.807, 2.05) is 26.0 Å². The standard InChI is InChI=1S/C18H26ClN7O3S2/c1-14-11-24(12-15(2)29-14)31(27,28)23-9-7-22(8-10-23)13-25-18(30)26(21-20-25)17-5-3-16(19)4-6-17/h3-6,14-15H,7-13H2,1-2H3/t14-,15+. The fourth-order valence-corrected chi connectivity index (χ4v) is 5.99. The van der Waals surface area contributed by atoms with Crippen LogP contribution in [-0.4, -0.2) is 93.2 Å². The first kappa shape index (κ1) is 22.8. The Hall–Kier alpha value is -1.41. The lowest BCUT2D eigenvalue weighted by atomic mass is 10.3. The molecule has 0 radical (unpaired) electrons. The van der Waals surface area contributed by atoms with E-state index in [2.05, 4.69) is 15.3 Å². The number of morpholine rings is 1. The van der Waals surface area contributed by atoms with E-state index in [0.717, 1.165) is 5.69 Å². The number of rotatable bonds is 5. The Labute approximate surface area is 192 Å². The van der Waals surface area contributed by atoms with Gasteiger partial charge in [-0.15, -0.1) is 0 Å². The lowest BCUT2D eigenvalue weighted by molar-refractivity contribution is -0.0458.